The van der Waals surface area contributed by atoms with Crippen molar-refractivity contribution in [3.05, 3.63) is 162 Å². The Morgan fingerprint density at radius 3 is 2.16 bits per heavy atom. The van der Waals surface area contributed by atoms with Gasteiger partial charge < -0.3 is 9.55 Å². The molecule has 0 spiro atoms. The molecule has 9 rings (SSSR count). The Morgan fingerprint density at radius 1 is 0.737 bits per heavy atom. The van der Waals surface area contributed by atoms with Crippen molar-refractivity contribution in [3.8, 4) is 39.5 Å². The molecule has 0 aliphatic rings. The van der Waals surface area contributed by atoms with Crippen LogP contribution in [0, 0.1) is 32.9 Å². The number of aromatic nitrogens is 4. The van der Waals surface area contributed by atoms with Crippen LogP contribution in [-0.2, 0) is 20.1 Å². The van der Waals surface area contributed by atoms with E-state index in [0.717, 1.165) is 49.8 Å². The van der Waals surface area contributed by atoms with E-state index >= 15 is 0 Å². The summed E-state index contributed by atoms with van der Waals surface area (Å²) < 4.78 is 11.9. The molecule has 0 aliphatic carbocycles. The number of fused-ring (bicyclic) bond motifs is 4. The first kappa shape index (κ1) is 38.8. The van der Waals surface area contributed by atoms with Crippen molar-refractivity contribution >= 4 is 55.9 Å². The summed E-state index contributed by atoms with van der Waals surface area (Å²) in [6.45, 7) is 17.2. The van der Waals surface area contributed by atoms with Gasteiger partial charge in [-0.05, 0) is 100 Å². The predicted octanol–water partition coefficient (Wildman–Crippen LogP) is 13.1. The SMILES string of the molecule is Cc1ccc2c(n1)sc1c(-c3nc4ccccc4n3-c3c(C)cc(-c4ccccc4)cc3C)[c-]ccc12.[2H]C(C)(C)c1cc(-c2[c-]cccc2)ncc1[Si](C)(C)C.[Ir]. The second kappa shape index (κ2) is 16.4. The Morgan fingerprint density at radius 2 is 1.46 bits per heavy atom. The fraction of sp³-hybridized carbons (Fsp3) is 0.180. The fourth-order valence-corrected chi connectivity index (χ4v) is 10.4. The van der Waals surface area contributed by atoms with Crippen molar-refractivity contribution in [1.29, 1.82) is 0 Å². The van der Waals surface area contributed by atoms with E-state index in [1.807, 2.05) is 57.3 Å². The van der Waals surface area contributed by atoms with Gasteiger partial charge in [-0.1, -0.05) is 105 Å². The van der Waals surface area contributed by atoms with Crippen LogP contribution in [-0.4, -0.2) is 27.6 Å². The van der Waals surface area contributed by atoms with Crippen LogP contribution in [0.4, 0.5) is 0 Å². The van der Waals surface area contributed by atoms with E-state index in [1.54, 1.807) is 11.3 Å². The second-order valence-corrected chi connectivity index (χ2v) is 21.8. The summed E-state index contributed by atoms with van der Waals surface area (Å²) in [7, 11) is -1.50. The monoisotopic (exact) mass is 956 g/mol. The van der Waals surface area contributed by atoms with Crippen LogP contribution in [0.15, 0.2) is 128 Å². The third-order valence-corrected chi connectivity index (χ3v) is 13.4. The van der Waals surface area contributed by atoms with E-state index in [1.165, 1.54) is 48.6 Å². The van der Waals surface area contributed by atoms with Crippen LogP contribution in [0.25, 0.3) is 70.8 Å². The van der Waals surface area contributed by atoms with Gasteiger partial charge in [-0.3, -0.25) is 4.98 Å². The molecule has 9 aromatic rings. The third-order valence-electron chi connectivity index (χ3n) is 10.3. The van der Waals surface area contributed by atoms with Gasteiger partial charge in [-0.15, -0.1) is 54.1 Å². The van der Waals surface area contributed by atoms with Gasteiger partial charge >= 0.3 is 0 Å². The van der Waals surface area contributed by atoms with Crippen LogP contribution in [0.3, 0.4) is 0 Å². The maximum atomic E-state index is 8.44. The summed E-state index contributed by atoms with van der Waals surface area (Å²) >= 11 is 1.72. The normalized spacial score (nSPS) is 12.0. The molecule has 7 heteroatoms. The maximum absolute atomic E-state index is 8.44. The Balaban J connectivity index is 0.000000208. The quantitative estimate of drug-likeness (QED) is 0.123. The van der Waals surface area contributed by atoms with Crippen LogP contribution in [0.2, 0.25) is 19.6 Å². The molecule has 4 aromatic heterocycles. The topological polar surface area (TPSA) is 43.6 Å². The maximum Gasteiger partial charge on any atom is 0.113 e. The summed E-state index contributed by atoms with van der Waals surface area (Å²) in [4.78, 5) is 15.7. The molecule has 287 valence electrons. The zero-order chi connectivity index (χ0) is 40.1. The molecule has 0 amide bonds. The molecule has 0 aliphatic heterocycles. The molecule has 1 radical (unpaired) electrons. The zero-order valence-electron chi connectivity index (χ0n) is 34.7. The smallest absolute Gasteiger partial charge is 0.113 e. The molecule has 0 saturated carbocycles. The molecule has 57 heavy (non-hydrogen) atoms. The molecule has 0 atom stereocenters. The summed E-state index contributed by atoms with van der Waals surface area (Å²) in [6.07, 6.45) is 1.98. The molecule has 0 saturated heterocycles. The first-order valence-corrected chi connectivity index (χ1v) is 23.4. The van der Waals surface area contributed by atoms with Crippen LogP contribution in [0.1, 0.15) is 43.5 Å². The minimum Gasteiger partial charge on any atom is -0.333 e. The standard InChI is InChI=1S/C33H24N3S.C17H22NSi.Ir/c1-20-18-24(23-10-5-4-6-11-23)19-21(2)30(20)36-29-15-8-7-14-28(29)35-32(36)27-13-9-12-25-26-17-16-22(3)34-33(26)37-31(25)27;1-13(2)15-11-16(14-9-7-6-8-10-14)18-12-17(15)19(3,4)5;/h4-12,14-19H,1-3H3;6-9,11-13H,1-5H3;/q2*-1;/i;13D;. The zero-order valence-corrected chi connectivity index (χ0v) is 37.9. The van der Waals surface area contributed by atoms with E-state index in [4.69, 9.17) is 11.3 Å². The van der Waals surface area contributed by atoms with Crippen molar-refractivity contribution in [2.45, 2.75) is 60.2 Å². The number of rotatable bonds is 6. The van der Waals surface area contributed by atoms with E-state index in [9.17, 15) is 0 Å². The second-order valence-electron chi connectivity index (χ2n) is 15.7. The van der Waals surface area contributed by atoms with E-state index < -0.39 is 14.0 Å². The first-order chi connectivity index (χ1) is 27.3. The van der Waals surface area contributed by atoms with Crippen molar-refractivity contribution in [2.24, 2.45) is 0 Å². The van der Waals surface area contributed by atoms with Crippen molar-refractivity contribution in [2.75, 3.05) is 0 Å². The number of para-hydroxylation sites is 2. The molecule has 0 bridgehead atoms. The number of imidazole rings is 1. The molecule has 5 aromatic carbocycles. The number of thiophene rings is 1. The van der Waals surface area contributed by atoms with Gasteiger partial charge in [0.1, 0.15) is 4.83 Å². The number of benzene rings is 5. The van der Waals surface area contributed by atoms with Gasteiger partial charge in [0, 0.05) is 39.1 Å². The van der Waals surface area contributed by atoms with E-state index in [2.05, 4.69) is 146 Å². The predicted molar refractivity (Wildman–Crippen MR) is 241 cm³/mol. The third kappa shape index (κ3) is 7.95. The summed E-state index contributed by atoms with van der Waals surface area (Å²) in [5.41, 5.74) is 13.1. The minimum absolute atomic E-state index is 0. The molecule has 4 heterocycles. The van der Waals surface area contributed by atoms with Crippen LogP contribution < -0.4 is 5.19 Å². The van der Waals surface area contributed by atoms with Gasteiger partial charge in [0.15, 0.2) is 0 Å². The van der Waals surface area contributed by atoms with Crippen LogP contribution >= 0.6 is 11.3 Å². The summed E-state index contributed by atoms with van der Waals surface area (Å²) in [5, 5.41) is 3.66. The van der Waals surface area contributed by atoms with Crippen LogP contribution in [0.5, 0.6) is 0 Å². The molecular weight excluding hydrogens is 909 g/mol. The van der Waals surface area contributed by atoms with Gasteiger partial charge in [0.05, 0.1) is 24.9 Å². The largest absolute Gasteiger partial charge is 0.333 e. The Bertz CT molecular complexity index is 2880. The average Bonchev–Trinajstić information content (AvgIpc) is 3.76. The molecular formula is C50H46IrN4SSi-2. The fourth-order valence-electron chi connectivity index (χ4n) is 7.57. The Labute approximate surface area is 356 Å². The van der Waals surface area contributed by atoms with Crippen molar-refractivity contribution in [3.63, 3.8) is 0 Å². The molecule has 4 nitrogen and oxygen atoms in total. The van der Waals surface area contributed by atoms with Gasteiger partial charge in [-0.25, -0.2) is 4.98 Å². The molecule has 0 N–H and O–H groups in total. The number of pyridine rings is 2. The number of nitrogens with zero attached hydrogens (tertiary/aromatic N) is 4. The Hall–Kier alpha value is -5.04. The van der Waals surface area contributed by atoms with E-state index in [0.29, 0.717) is 0 Å². The first-order valence-electron chi connectivity index (χ1n) is 19.6. The van der Waals surface area contributed by atoms with Gasteiger partial charge in [0.25, 0.3) is 0 Å². The summed E-state index contributed by atoms with van der Waals surface area (Å²) in [5.74, 6) is 0.302. The minimum atomic E-state index is -1.50. The number of hydrogen-bond donors (Lipinski definition) is 0. The average molecular weight is 956 g/mol. The summed E-state index contributed by atoms with van der Waals surface area (Å²) in [6, 6.07) is 48.6. The Kier molecular flexibility index (Phi) is 11.2. The molecule has 0 fully saturated rings. The molecule has 0 unspecified atom stereocenters. The van der Waals surface area contributed by atoms with E-state index in [-0.39, 0.29) is 20.1 Å². The van der Waals surface area contributed by atoms with Gasteiger partial charge in [0.2, 0.25) is 0 Å². The van der Waals surface area contributed by atoms with Crippen molar-refractivity contribution in [1.82, 2.24) is 19.5 Å². The van der Waals surface area contributed by atoms with Crippen molar-refractivity contribution < 1.29 is 21.5 Å². The van der Waals surface area contributed by atoms with Gasteiger partial charge in [-0.2, -0.15) is 11.3 Å². The number of aryl methyl sites for hydroxylation is 3. The number of hydrogen-bond acceptors (Lipinski definition) is 4.